The fraction of sp³-hybridized carbons (Fsp3) is 0.267. The summed E-state index contributed by atoms with van der Waals surface area (Å²) in [6.45, 7) is 0.670. The number of aromatic nitrogens is 4. The summed E-state index contributed by atoms with van der Waals surface area (Å²) in [6, 6.07) is 13.9. The minimum Gasteiger partial charge on any atom is -0.463 e. The predicted molar refractivity (Wildman–Crippen MR) is 81.9 cm³/mol. The number of tetrazole rings is 1. The molecule has 22 heavy (non-hydrogen) atoms. The van der Waals surface area contributed by atoms with Crippen molar-refractivity contribution in [2.45, 2.75) is 6.04 Å². The fourth-order valence-electron chi connectivity index (χ4n) is 2.31. The number of para-hydroxylation sites is 1. The predicted octanol–water partition coefficient (Wildman–Crippen LogP) is 0.553. The van der Waals surface area contributed by atoms with Gasteiger partial charge in [0.2, 0.25) is 5.95 Å². The summed E-state index contributed by atoms with van der Waals surface area (Å²) < 4.78 is 7.21. The van der Waals surface area contributed by atoms with E-state index in [2.05, 4.69) is 34.9 Å². The number of rotatable bonds is 6. The van der Waals surface area contributed by atoms with Crippen LogP contribution in [0.3, 0.4) is 0 Å². The summed E-state index contributed by atoms with van der Waals surface area (Å²) >= 11 is 0. The Labute approximate surface area is 128 Å². The van der Waals surface area contributed by atoms with Gasteiger partial charge in [0, 0.05) is 0 Å². The van der Waals surface area contributed by atoms with Crippen LogP contribution in [0.25, 0.3) is 5.69 Å². The molecule has 0 spiro atoms. The zero-order chi connectivity index (χ0) is 15.4. The molecule has 7 nitrogen and oxygen atoms in total. The van der Waals surface area contributed by atoms with Crippen molar-refractivity contribution in [1.82, 2.24) is 20.2 Å². The average Bonchev–Trinajstić information content (AvgIpc) is 3.19. The molecule has 0 fully saturated rings. The minimum atomic E-state index is 0.177. The lowest BCUT2D eigenvalue weighted by Gasteiger charge is -2.19. The summed E-state index contributed by atoms with van der Waals surface area (Å²) in [7, 11) is 4.18. The topological polar surface area (TPSA) is 73.2 Å². The normalized spacial score (nSPS) is 12.5. The van der Waals surface area contributed by atoms with Gasteiger partial charge in [-0.05, 0) is 34.7 Å². The monoisotopic (exact) mass is 299 g/mol. The first-order chi connectivity index (χ1) is 10.8. The number of nitrogens with one attached hydrogen (secondary N) is 2. The van der Waals surface area contributed by atoms with Gasteiger partial charge in [0.25, 0.3) is 0 Å². The molecule has 0 aliphatic carbocycles. The second kappa shape index (κ2) is 6.40. The number of benzene rings is 1. The van der Waals surface area contributed by atoms with E-state index in [4.69, 9.17) is 4.42 Å². The quantitative estimate of drug-likeness (QED) is 0.695. The van der Waals surface area contributed by atoms with Crippen molar-refractivity contribution in [1.29, 1.82) is 0 Å². The molecule has 2 heterocycles. The maximum absolute atomic E-state index is 5.52. The second-order valence-corrected chi connectivity index (χ2v) is 5.28. The zero-order valence-electron chi connectivity index (χ0n) is 12.6. The summed E-state index contributed by atoms with van der Waals surface area (Å²) in [5, 5.41) is 15.2. The van der Waals surface area contributed by atoms with Gasteiger partial charge in [0.05, 0.1) is 32.6 Å². The molecule has 0 aliphatic rings. The van der Waals surface area contributed by atoms with Crippen LogP contribution in [0.4, 0.5) is 5.95 Å². The molecule has 2 aromatic heterocycles. The Hall–Kier alpha value is -2.67. The second-order valence-electron chi connectivity index (χ2n) is 5.28. The average molecular weight is 299 g/mol. The Morgan fingerprint density at radius 3 is 2.68 bits per heavy atom. The van der Waals surface area contributed by atoms with Gasteiger partial charge in [-0.2, -0.15) is 4.68 Å². The minimum absolute atomic E-state index is 0.177. The summed E-state index contributed by atoms with van der Waals surface area (Å²) in [5.74, 6) is 1.55. The molecule has 0 saturated carbocycles. The highest BCUT2D eigenvalue weighted by Gasteiger charge is 2.21. The third-order valence-electron chi connectivity index (χ3n) is 3.52. The van der Waals surface area contributed by atoms with Crippen molar-refractivity contribution in [3.8, 4) is 5.69 Å². The van der Waals surface area contributed by atoms with Crippen LogP contribution in [0, 0.1) is 0 Å². The van der Waals surface area contributed by atoms with Gasteiger partial charge >= 0.3 is 0 Å². The van der Waals surface area contributed by atoms with E-state index in [1.54, 1.807) is 10.9 Å². The van der Waals surface area contributed by atoms with Crippen molar-refractivity contribution in [2.24, 2.45) is 0 Å². The standard InChI is InChI=1S/C15H18N6O/c1-20(2)13(14-9-6-10-22-14)11-16-15-17-18-19-21(15)12-7-4-3-5-8-12/h3-10,13H,11H2,1-2H3,(H,16,17,19)/p+1/t13-/m1/s1. The van der Waals surface area contributed by atoms with E-state index in [9.17, 15) is 0 Å². The third-order valence-corrected chi connectivity index (χ3v) is 3.52. The molecular formula is C15H19N6O+. The van der Waals surface area contributed by atoms with Crippen LogP contribution in [-0.2, 0) is 0 Å². The van der Waals surface area contributed by atoms with Crippen molar-refractivity contribution in [3.63, 3.8) is 0 Å². The van der Waals surface area contributed by atoms with Gasteiger partial charge in [-0.3, -0.25) is 0 Å². The Morgan fingerprint density at radius 2 is 2.00 bits per heavy atom. The molecule has 3 aromatic rings. The van der Waals surface area contributed by atoms with E-state index in [-0.39, 0.29) is 6.04 Å². The Bertz CT molecular complexity index is 692. The van der Waals surface area contributed by atoms with Crippen LogP contribution in [0.15, 0.2) is 53.1 Å². The Kier molecular flexibility index (Phi) is 4.15. The molecule has 0 aliphatic heterocycles. The molecule has 7 heteroatoms. The fourth-order valence-corrected chi connectivity index (χ4v) is 2.31. The number of quaternary nitrogens is 1. The van der Waals surface area contributed by atoms with Crippen LogP contribution < -0.4 is 10.2 Å². The highest BCUT2D eigenvalue weighted by molar-refractivity contribution is 5.38. The lowest BCUT2D eigenvalue weighted by Crippen LogP contribution is -3.06. The van der Waals surface area contributed by atoms with Gasteiger partial charge < -0.3 is 14.6 Å². The summed E-state index contributed by atoms with van der Waals surface area (Å²) in [6.07, 6.45) is 1.69. The third kappa shape index (κ3) is 2.99. The molecule has 2 N–H and O–H groups in total. The highest BCUT2D eigenvalue weighted by atomic mass is 16.3. The van der Waals surface area contributed by atoms with E-state index in [1.807, 2.05) is 42.5 Å². The molecular weight excluding hydrogens is 280 g/mol. The first kappa shape index (κ1) is 14.3. The molecule has 1 atom stereocenters. The number of furan rings is 1. The van der Waals surface area contributed by atoms with E-state index >= 15 is 0 Å². The summed E-state index contributed by atoms with van der Waals surface area (Å²) in [4.78, 5) is 1.26. The molecule has 0 amide bonds. The number of hydrogen-bond donors (Lipinski definition) is 2. The zero-order valence-corrected chi connectivity index (χ0v) is 12.6. The lowest BCUT2D eigenvalue weighted by atomic mass is 10.2. The molecule has 3 rings (SSSR count). The Balaban J connectivity index is 1.76. The van der Waals surface area contributed by atoms with Crippen LogP contribution >= 0.6 is 0 Å². The number of likely N-dealkylation sites (N-methyl/N-ethyl adjacent to an activating group) is 1. The maximum atomic E-state index is 5.52. The van der Waals surface area contributed by atoms with Crippen LogP contribution in [-0.4, -0.2) is 40.8 Å². The largest absolute Gasteiger partial charge is 0.463 e. The molecule has 1 aromatic carbocycles. The van der Waals surface area contributed by atoms with Gasteiger partial charge in [-0.1, -0.05) is 23.3 Å². The molecule has 0 bridgehead atoms. The van der Waals surface area contributed by atoms with Crippen molar-refractivity contribution >= 4 is 5.95 Å². The smallest absolute Gasteiger partial charge is 0.247 e. The maximum Gasteiger partial charge on any atom is 0.247 e. The first-order valence-corrected chi connectivity index (χ1v) is 7.17. The summed E-state index contributed by atoms with van der Waals surface area (Å²) in [5.41, 5.74) is 0.918. The molecule has 0 radical (unpaired) electrons. The van der Waals surface area contributed by atoms with Crippen molar-refractivity contribution in [3.05, 3.63) is 54.5 Å². The van der Waals surface area contributed by atoms with E-state index in [0.29, 0.717) is 12.5 Å². The number of nitrogens with zero attached hydrogens (tertiary/aromatic N) is 4. The van der Waals surface area contributed by atoms with Gasteiger partial charge in [0.15, 0.2) is 11.8 Å². The van der Waals surface area contributed by atoms with Crippen LogP contribution in [0.1, 0.15) is 11.8 Å². The number of hydrogen-bond acceptors (Lipinski definition) is 5. The molecule has 114 valence electrons. The van der Waals surface area contributed by atoms with Crippen LogP contribution in [0.2, 0.25) is 0 Å². The van der Waals surface area contributed by atoms with Gasteiger partial charge in [-0.15, -0.1) is 0 Å². The molecule has 0 saturated heterocycles. The van der Waals surface area contributed by atoms with E-state index in [0.717, 1.165) is 11.4 Å². The van der Waals surface area contributed by atoms with Crippen molar-refractivity contribution < 1.29 is 9.32 Å². The van der Waals surface area contributed by atoms with E-state index < -0.39 is 0 Å². The first-order valence-electron chi connectivity index (χ1n) is 7.17. The highest BCUT2D eigenvalue weighted by Crippen LogP contribution is 2.13. The van der Waals surface area contributed by atoms with E-state index in [1.165, 1.54) is 4.90 Å². The van der Waals surface area contributed by atoms with Gasteiger partial charge in [-0.25, -0.2) is 0 Å². The van der Waals surface area contributed by atoms with Crippen molar-refractivity contribution in [2.75, 3.05) is 26.0 Å². The Morgan fingerprint density at radius 1 is 1.18 bits per heavy atom. The number of anilines is 1. The SMILES string of the molecule is C[NH+](C)[C@H](CNc1nnnn1-c1ccccc1)c1ccco1. The lowest BCUT2D eigenvalue weighted by molar-refractivity contribution is -0.891. The molecule has 0 unspecified atom stereocenters. The van der Waals surface area contributed by atoms with Crippen LogP contribution in [0.5, 0.6) is 0 Å². The van der Waals surface area contributed by atoms with Gasteiger partial charge in [0.1, 0.15) is 0 Å².